The van der Waals surface area contributed by atoms with Crippen LogP contribution in [-0.2, 0) is 9.59 Å². The normalized spacial score (nSPS) is 43.4. The van der Waals surface area contributed by atoms with Gasteiger partial charge in [0.05, 0.1) is 11.1 Å². The van der Waals surface area contributed by atoms with E-state index in [0.717, 1.165) is 44.1 Å². The molecule has 1 amide bonds. The number of fused-ring (bicyclic) bond motifs is 7. The third-order valence-electron chi connectivity index (χ3n) is 14.1. The topological polar surface area (TPSA) is 124 Å². The minimum Gasteiger partial charge on any atom is -0.381 e. The second kappa shape index (κ2) is 9.67. The molecule has 0 unspecified atom stereocenters. The Hall–Kier alpha value is -3.18. The first-order valence-electron chi connectivity index (χ1n) is 16.5. The molecule has 3 saturated carbocycles. The molecule has 1 aromatic rings. The van der Waals surface area contributed by atoms with Gasteiger partial charge in [-0.25, -0.2) is 9.97 Å². The SMILES string of the molecule is CN(C[C@@]1(C)CC[C@]2(C)CC[C@@]3(C)[C@]4(C)CC[C@H]5C(C)(C)C(=O)C(C#N)=C[C@]5(C)C4=CC(=O)[C@]3(O)[C@@H]2C1)C(=O)c1cncnc1. The Morgan fingerprint density at radius 3 is 2.29 bits per heavy atom. The number of carbonyl (C=O) groups is 3. The summed E-state index contributed by atoms with van der Waals surface area (Å²) < 4.78 is 0. The zero-order chi connectivity index (χ0) is 33.0. The van der Waals surface area contributed by atoms with Gasteiger partial charge < -0.3 is 10.0 Å². The average molecular weight is 613 g/mol. The van der Waals surface area contributed by atoms with Crippen molar-refractivity contribution >= 4 is 17.5 Å². The molecule has 1 N–H and O–H groups in total. The predicted molar refractivity (Wildman–Crippen MR) is 169 cm³/mol. The molecule has 1 heterocycles. The molecule has 1 aromatic heterocycles. The number of aliphatic hydroxyl groups is 1. The van der Waals surface area contributed by atoms with E-state index in [2.05, 4.69) is 50.7 Å². The van der Waals surface area contributed by atoms with Gasteiger partial charge in [-0.2, -0.15) is 5.26 Å². The van der Waals surface area contributed by atoms with Crippen LogP contribution in [0.5, 0.6) is 0 Å². The first-order chi connectivity index (χ1) is 20.8. The standard InChI is InChI=1S/C37H48N4O4/c1-31(2)25-9-10-35(6)26(34(25,5)16-23(18-38)29(31)43)15-28(42)37(45)27-17-32(3,11-12-33(27,4)13-14-36(35,37)7)21-41(8)30(44)24-19-39-22-40-20-24/h15-16,19-20,22,25,27,45H,9-14,17,21H2,1-8H3/t25-,27+,32-,33+,34-,35+,36-,37+/m0/s1. The highest BCUT2D eigenvalue weighted by Gasteiger charge is 2.75. The van der Waals surface area contributed by atoms with Gasteiger partial charge in [-0.1, -0.05) is 54.5 Å². The highest BCUT2D eigenvalue weighted by molar-refractivity contribution is 6.05. The molecule has 0 spiro atoms. The van der Waals surface area contributed by atoms with Crippen LogP contribution in [0.1, 0.15) is 104 Å². The zero-order valence-electron chi connectivity index (χ0n) is 28.2. The third kappa shape index (κ3) is 4.01. The third-order valence-corrected chi connectivity index (χ3v) is 14.1. The van der Waals surface area contributed by atoms with E-state index in [1.165, 1.54) is 18.7 Å². The fourth-order valence-electron chi connectivity index (χ4n) is 11.2. The molecule has 8 heteroatoms. The zero-order valence-corrected chi connectivity index (χ0v) is 28.2. The smallest absolute Gasteiger partial charge is 0.256 e. The van der Waals surface area contributed by atoms with E-state index in [9.17, 15) is 24.8 Å². The van der Waals surface area contributed by atoms with Gasteiger partial charge in [0.1, 0.15) is 18.0 Å². The van der Waals surface area contributed by atoms with Gasteiger partial charge in [-0.3, -0.25) is 14.4 Å². The minimum absolute atomic E-state index is 0.0496. The number of hydrogen-bond acceptors (Lipinski definition) is 7. The maximum atomic E-state index is 14.7. The number of ketones is 2. The van der Waals surface area contributed by atoms with E-state index in [1.807, 2.05) is 19.9 Å². The highest BCUT2D eigenvalue weighted by atomic mass is 16.3. The summed E-state index contributed by atoms with van der Waals surface area (Å²) in [6, 6.07) is 2.16. The van der Waals surface area contributed by atoms with Crippen molar-refractivity contribution in [1.29, 1.82) is 5.26 Å². The molecule has 0 radical (unpaired) electrons. The van der Waals surface area contributed by atoms with Gasteiger partial charge in [0.2, 0.25) is 0 Å². The summed E-state index contributed by atoms with van der Waals surface area (Å²) in [4.78, 5) is 51.0. The van der Waals surface area contributed by atoms with E-state index in [4.69, 9.17) is 0 Å². The summed E-state index contributed by atoms with van der Waals surface area (Å²) in [5, 5.41) is 23.1. The highest BCUT2D eigenvalue weighted by Crippen LogP contribution is 2.75. The Bertz CT molecular complexity index is 1590. The van der Waals surface area contributed by atoms with Crippen LogP contribution in [0.2, 0.25) is 0 Å². The monoisotopic (exact) mass is 612 g/mol. The summed E-state index contributed by atoms with van der Waals surface area (Å²) in [5.74, 6) is -0.846. The number of carbonyl (C=O) groups excluding carboxylic acids is 3. The summed E-state index contributed by atoms with van der Waals surface area (Å²) in [5.41, 5.74) is -3.16. The van der Waals surface area contributed by atoms with E-state index >= 15 is 0 Å². The molecule has 3 fully saturated rings. The van der Waals surface area contributed by atoms with Crippen molar-refractivity contribution in [3.05, 3.63) is 47.6 Å². The van der Waals surface area contributed by atoms with Crippen molar-refractivity contribution in [2.45, 2.75) is 99.0 Å². The molecule has 0 saturated heterocycles. The lowest BCUT2D eigenvalue weighted by molar-refractivity contribution is -0.243. The van der Waals surface area contributed by atoms with Crippen LogP contribution in [0.25, 0.3) is 0 Å². The quantitative estimate of drug-likeness (QED) is 0.452. The van der Waals surface area contributed by atoms with Crippen LogP contribution in [0.15, 0.2) is 42.0 Å². The Labute approximate surface area is 267 Å². The maximum Gasteiger partial charge on any atom is 0.256 e. The molecule has 240 valence electrons. The lowest BCUT2D eigenvalue weighted by Gasteiger charge is -2.71. The second-order valence-electron chi connectivity index (χ2n) is 17.0. The first-order valence-corrected chi connectivity index (χ1v) is 16.5. The Balaban J connectivity index is 1.41. The molecular formula is C37H48N4O4. The fraction of sp³-hybridized carbons (Fsp3) is 0.676. The number of amides is 1. The van der Waals surface area contributed by atoms with Crippen LogP contribution in [0.3, 0.4) is 0 Å². The van der Waals surface area contributed by atoms with E-state index < -0.39 is 27.3 Å². The number of nitriles is 1. The Kier molecular flexibility index (Phi) is 6.83. The predicted octanol–water partition coefficient (Wildman–Crippen LogP) is 5.88. The molecule has 5 aliphatic rings. The molecule has 0 aromatic carbocycles. The number of allylic oxidation sites excluding steroid dienone is 3. The summed E-state index contributed by atoms with van der Waals surface area (Å²) in [7, 11) is 1.80. The molecule has 5 aliphatic carbocycles. The largest absolute Gasteiger partial charge is 0.381 e. The molecule has 6 rings (SSSR count). The average Bonchev–Trinajstić information content (AvgIpc) is 2.99. The van der Waals surface area contributed by atoms with Gasteiger partial charge in [0.25, 0.3) is 5.91 Å². The van der Waals surface area contributed by atoms with Gasteiger partial charge in [-0.15, -0.1) is 0 Å². The molecule has 45 heavy (non-hydrogen) atoms. The number of hydrogen-bond donors (Lipinski definition) is 1. The van der Waals surface area contributed by atoms with Crippen molar-refractivity contribution in [2.75, 3.05) is 13.6 Å². The minimum atomic E-state index is -1.58. The first kappa shape index (κ1) is 31.8. The molecule has 0 bridgehead atoms. The molecule has 0 aliphatic heterocycles. The van der Waals surface area contributed by atoms with Crippen molar-refractivity contribution < 1.29 is 19.5 Å². The second-order valence-corrected chi connectivity index (χ2v) is 17.0. The van der Waals surface area contributed by atoms with Crippen molar-refractivity contribution in [3.63, 3.8) is 0 Å². The summed E-state index contributed by atoms with van der Waals surface area (Å²) in [6.45, 7) is 15.3. The van der Waals surface area contributed by atoms with Crippen molar-refractivity contribution in [3.8, 4) is 6.07 Å². The molecular weight excluding hydrogens is 564 g/mol. The van der Waals surface area contributed by atoms with E-state index in [-0.39, 0.29) is 45.7 Å². The number of rotatable bonds is 3. The Morgan fingerprint density at radius 2 is 1.64 bits per heavy atom. The van der Waals surface area contributed by atoms with Crippen LogP contribution >= 0.6 is 0 Å². The maximum absolute atomic E-state index is 14.7. The summed E-state index contributed by atoms with van der Waals surface area (Å²) in [6.07, 6.45) is 13.6. The number of aromatic nitrogens is 2. The lowest BCUT2D eigenvalue weighted by Crippen LogP contribution is -2.74. The lowest BCUT2D eigenvalue weighted by atomic mass is 9.33. The van der Waals surface area contributed by atoms with Crippen molar-refractivity contribution in [2.24, 2.45) is 44.3 Å². The number of Topliss-reactive ketones (excluding diaryl/α,β-unsaturated/α-hetero) is 1. The van der Waals surface area contributed by atoms with Crippen molar-refractivity contribution in [1.82, 2.24) is 14.9 Å². The van der Waals surface area contributed by atoms with Crippen LogP contribution in [-0.4, -0.2) is 56.6 Å². The summed E-state index contributed by atoms with van der Waals surface area (Å²) >= 11 is 0. The molecule has 8 atom stereocenters. The van der Waals surface area contributed by atoms with Crippen LogP contribution < -0.4 is 0 Å². The van der Waals surface area contributed by atoms with E-state index in [1.54, 1.807) is 18.0 Å². The van der Waals surface area contributed by atoms with Crippen LogP contribution in [0, 0.1) is 55.7 Å². The fourth-order valence-corrected chi connectivity index (χ4v) is 11.2. The Morgan fingerprint density at radius 1 is 1.00 bits per heavy atom. The molecule has 8 nitrogen and oxygen atoms in total. The van der Waals surface area contributed by atoms with Gasteiger partial charge in [0.15, 0.2) is 11.6 Å². The van der Waals surface area contributed by atoms with Gasteiger partial charge in [0, 0.05) is 48.1 Å². The van der Waals surface area contributed by atoms with E-state index in [0.29, 0.717) is 18.5 Å². The van der Waals surface area contributed by atoms with Gasteiger partial charge >= 0.3 is 0 Å². The van der Waals surface area contributed by atoms with Crippen LogP contribution in [0.4, 0.5) is 0 Å². The number of nitrogens with zero attached hydrogens (tertiary/aromatic N) is 4. The van der Waals surface area contributed by atoms with Gasteiger partial charge in [-0.05, 0) is 78.8 Å².